The van der Waals surface area contributed by atoms with Gasteiger partial charge >= 0.3 is 0 Å². The number of ketones is 3. The highest BCUT2D eigenvalue weighted by Gasteiger charge is 2.21. The van der Waals surface area contributed by atoms with Crippen molar-refractivity contribution in [1.29, 1.82) is 0 Å². The summed E-state index contributed by atoms with van der Waals surface area (Å²) in [6.07, 6.45) is 23.9. The number of unbranched alkanes of at least 4 members (excludes halogenated alkanes) is 2. The van der Waals surface area contributed by atoms with Crippen LogP contribution in [0.2, 0.25) is 0 Å². The number of allylic oxidation sites excluding steroid dienone is 4. The number of hydrogen-bond acceptors (Lipinski definition) is 6. The Hall–Kier alpha value is -1.63. The van der Waals surface area contributed by atoms with Crippen molar-refractivity contribution in [2.75, 3.05) is 33.2 Å². The second-order valence-corrected chi connectivity index (χ2v) is 28.5. The molecule has 0 radical (unpaired) electrons. The Bertz CT molecular complexity index is 1260. The summed E-state index contributed by atoms with van der Waals surface area (Å²) in [6, 6.07) is 1.36. The fourth-order valence-electron chi connectivity index (χ4n) is 7.90. The molecule has 78 heavy (non-hydrogen) atoms. The summed E-state index contributed by atoms with van der Waals surface area (Å²) in [6.45, 7) is 76.7. The van der Waals surface area contributed by atoms with Crippen molar-refractivity contribution in [3.05, 3.63) is 24.3 Å². The van der Waals surface area contributed by atoms with E-state index < -0.39 is 0 Å². The highest BCUT2D eigenvalue weighted by Crippen LogP contribution is 2.29. The van der Waals surface area contributed by atoms with Crippen LogP contribution in [-0.4, -0.2) is 78.0 Å². The van der Waals surface area contributed by atoms with E-state index in [9.17, 15) is 14.4 Å². The van der Waals surface area contributed by atoms with Crippen LogP contribution in [0.25, 0.3) is 0 Å². The maximum Gasteiger partial charge on any atom is 0.152 e. The molecule has 0 spiro atoms. The SMILES string of the molecule is CC(=O)/C=C/C(C)C.CC(=O)/C=C\C(C)C.CC(=O)CC(C)(C)CC(C)C.CC(C)CN(C(C)C)C(C)C.CC(C)CN1CCCC1.CCC(C)C(C)C.CCCCC(C)C.CCCCC(C)C.CNC(C)(C)CCC(C)C. The highest BCUT2D eigenvalue weighted by atomic mass is 16.1. The number of carbonyl (C=O) groups excluding carboxylic acids is 3. The average Bonchev–Trinajstić information content (AvgIpc) is 3.80. The monoisotopic (exact) mass is 1110 g/mol. The lowest BCUT2D eigenvalue weighted by atomic mass is 9.80. The molecule has 0 aromatic rings. The largest absolute Gasteiger partial charge is 0.315 e. The molecule has 0 saturated carbocycles. The average molecular weight is 1110 g/mol. The van der Waals surface area contributed by atoms with Crippen molar-refractivity contribution in [2.24, 2.45) is 64.6 Å². The first kappa shape index (κ1) is 92.8. The number of hydrogen-bond donors (Lipinski definition) is 1. The molecule has 6 nitrogen and oxygen atoms in total. The van der Waals surface area contributed by atoms with Crippen molar-refractivity contribution in [2.45, 2.75) is 330 Å². The van der Waals surface area contributed by atoms with Crippen LogP contribution in [0.3, 0.4) is 0 Å². The van der Waals surface area contributed by atoms with Gasteiger partial charge in [-0.25, -0.2) is 0 Å². The smallest absolute Gasteiger partial charge is 0.152 e. The molecule has 0 aliphatic carbocycles. The minimum absolute atomic E-state index is 0.124. The van der Waals surface area contributed by atoms with Crippen molar-refractivity contribution < 1.29 is 14.4 Å². The first-order valence-electron chi connectivity index (χ1n) is 32.6. The molecule has 1 atom stereocenters. The third-order valence-electron chi connectivity index (χ3n) is 12.9. The Morgan fingerprint density at radius 3 is 1.08 bits per heavy atom. The van der Waals surface area contributed by atoms with E-state index in [2.05, 4.69) is 195 Å². The predicted molar refractivity (Wildman–Crippen MR) is 360 cm³/mol. The number of nitrogens with one attached hydrogen (secondary N) is 1. The number of Topliss-reactive ketones (excluding diaryl/α,β-unsaturated/α-hetero) is 1. The van der Waals surface area contributed by atoms with Gasteiger partial charge in [0.05, 0.1) is 0 Å². The molecule has 1 N–H and O–H groups in total. The second kappa shape index (κ2) is 60.0. The van der Waals surface area contributed by atoms with Crippen molar-refractivity contribution >= 4 is 17.3 Å². The molecule has 6 heteroatoms. The first-order chi connectivity index (χ1) is 35.5. The third kappa shape index (κ3) is 96.6. The Kier molecular flexibility index (Phi) is 71.4. The molecule has 0 amide bonds. The van der Waals surface area contributed by atoms with Crippen molar-refractivity contribution in [3.63, 3.8) is 0 Å². The number of nitrogens with zero attached hydrogens (tertiary/aromatic N) is 2. The topological polar surface area (TPSA) is 69.7 Å². The summed E-state index contributed by atoms with van der Waals surface area (Å²) in [4.78, 5) is 36.5. The molecule has 0 aromatic carbocycles. The minimum Gasteiger partial charge on any atom is -0.315 e. The fraction of sp³-hybridized carbons (Fsp3) is 0.903. The Balaban J connectivity index is -0.000000118. The summed E-state index contributed by atoms with van der Waals surface area (Å²) >= 11 is 0. The molecular formula is C72H153N3O3. The fourth-order valence-corrected chi connectivity index (χ4v) is 7.90. The summed E-state index contributed by atoms with van der Waals surface area (Å²) < 4.78 is 0. The molecule has 1 fully saturated rings. The van der Waals surface area contributed by atoms with Crippen LogP contribution < -0.4 is 5.32 Å². The molecule has 1 unspecified atom stereocenters. The molecule has 1 aliphatic heterocycles. The van der Waals surface area contributed by atoms with Crippen LogP contribution in [0.4, 0.5) is 0 Å². The molecular weight excluding hydrogens is 955 g/mol. The zero-order chi connectivity index (χ0) is 63.4. The van der Waals surface area contributed by atoms with E-state index in [1.165, 1.54) is 96.8 Å². The summed E-state index contributed by atoms with van der Waals surface area (Å²) in [7, 11) is 2.03. The van der Waals surface area contributed by atoms with Gasteiger partial charge in [-0.1, -0.05) is 223 Å². The van der Waals surface area contributed by atoms with Gasteiger partial charge in [0.25, 0.3) is 0 Å². The molecule has 474 valence electrons. The zero-order valence-corrected chi connectivity index (χ0v) is 60.4. The minimum atomic E-state index is 0.124. The van der Waals surface area contributed by atoms with Gasteiger partial charge in [0, 0.05) is 37.1 Å². The normalized spacial score (nSPS) is 13.1. The summed E-state index contributed by atoms with van der Waals surface area (Å²) in [5.41, 5.74) is 0.518. The van der Waals surface area contributed by atoms with E-state index in [1.807, 2.05) is 46.9 Å². The van der Waals surface area contributed by atoms with Gasteiger partial charge in [0.2, 0.25) is 0 Å². The maximum absolute atomic E-state index is 10.8. The first-order valence-corrected chi connectivity index (χ1v) is 32.6. The van der Waals surface area contributed by atoms with Gasteiger partial charge in [-0.05, 0) is 191 Å². The Morgan fingerprint density at radius 2 is 0.910 bits per heavy atom. The van der Waals surface area contributed by atoms with Gasteiger partial charge in [0.1, 0.15) is 5.78 Å². The van der Waals surface area contributed by atoms with Crippen LogP contribution >= 0.6 is 0 Å². The number of rotatable bonds is 26. The van der Waals surface area contributed by atoms with Crippen LogP contribution in [0, 0.1) is 64.6 Å². The molecule has 0 bridgehead atoms. The molecule has 1 saturated heterocycles. The standard InChI is InChI=1S/C10H23N.C10H20O.C9H21N.C8H17N.2C7H12O.3C7H16/c1-8(2)7-11(9(3)4)10(5)6;1-8(2)6-10(4,5)7-9(3)11;1-8(2)6-7-9(3,4)10-5;1-8(2)7-9-5-3-4-6-9;2*1-6(2)4-5-7(3)8;1-5-7(4)6(2)3;2*1-4-5-6-7(2)3/h8-10H,7H2,1-6H3;8H,6-7H2,1-5H3;8,10H,6-7H2,1-5H3;8H,3-7H2,1-2H3;2*4-6H,1-3H3;6-7H,5H2,1-4H3;2*7H,4-6H2,1-3H3/b;;;;5-4+;5-4-;;;. The lowest BCUT2D eigenvalue weighted by molar-refractivity contribution is -0.119. The van der Waals surface area contributed by atoms with Crippen LogP contribution in [0.15, 0.2) is 24.3 Å². The molecule has 1 heterocycles. The Morgan fingerprint density at radius 1 is 0.538 bits per heavy atom. The maximum atomic E-state index is 10.8. The van der Waals surface area contributed by atoms with Crippen LogP contribution in [0.5, 0.6) is 0 Å². The van der Waals surface area contributed by atoms with Crippen LogP contribution in [0.1, 0.15) is 312 Å². The van der Waals surface area contributed by atoms with Crippen molar-refractivity contribution in [1.82, 2.24) is 15.1 Å². The third-order valence-corrected chi connectivity index (χ3v) is 12.9. The zero-order valence-electron chi connectivity index (χ0n) is 60.4. The predicted octanol–water partition coefficient (Wildman–Crippen LogP) is 21.9. The number of likely N-dealkylation sites (tertiary alicyclic amines) is 1. The van der Waals surface area contributed by atoms with Gasteiger partial charge in [-0.3, -0.25) is 14.5 Å². The lowest BCUT2D eigenvalue weighted by Gasteiger charge is -2.31. The highest BCUT2D eigenvalue weighted by molar-refractivity contribution is 5.87. The summed E-state index contributed by atoms with van der Waals surface area (Å²) in [5, 5.41) is 3.30. The van der Waals surface area contributed by atoms with E-state index in [1.54, 1.807) is 32.9 Å². The van der Waals surface area contributed by atoms with E-state index in [0.29, 0.717) is 47.6 Å². The van der Waals surface area contributed by atoms with E-state index in [4.69, 9.17) is 0 Å². The lowest BCUT2D eigenvalue weighted by Crippen LogP contribution is -2.39. The van der Waals surface area contributed by atoms with Gasteiger partial charge < -0.3 is 15.0 Å². The molecule has 0 aromatic heterocycles. The molecule has 1 aliphatic rings. The quantitative estimate of drug-likeness (QED) is 0.0871. The van der Waals surface area contributed by atoms with Gasteiger partial charge in [0.15, 0.2) is 11.6 Å². The van der Waals surface area contributed by atoms with Crippen LogP contribution in [-0.2, 0) is 14.4 Å². The van der Waals surface area contributed by atoms with Gasteiger partial charge in [-0.15, -0.1) is 0 Å². The second-order valence-electron chi connectivity index (χ2n) is 28.5. The van der Waals surface area contributed by atoms with Gasteiger partial charge in [-0.2, -0.15) is 0 Å². The van der Waals surface area contributed by atoms with E-state index in [0.717, 1.165) is 47.8 Å². The molecule has 1 rings (SSSR count). The Labute approximate surface area is 496 Å². The van der Waals surface area contributed by atoms with E-state index >= 15 is 0 Å². The number of carbonyl (C=O) groups is 3. The van der Waals surface area contributed by atoms with Crippen molar-refractivity contribution in [3.8, 4) is 0 Å². The van der Waals surface area contributed by atoms with E-state index in [-0.39, 0.29) is 17.0 Å². The summed E-state index contributed by atoms with van der Waals surface area (Å²) in [5.74, 6) is 8.23.